The summed E-state index contributed by atoms with van der Waals surface area (Å²) in [5, 5.41) is 8.84. The Bertz CT molecular complexity index is 501. The van der Waals surface area contributed by atoms with Crippen LogP contribution in [0.2, 0.25) is 0 Å². The summed E-state index contributed by atoms with van der Waals surface area (Å²) >= 11 is 0. The Morgan fingerprint density at radius 3 is 2.48 bits per heavy atom. The number of anilines is 1. The third-order valence-electron chi connectivity index (χ3n) is 3.08. The van der Waals surface area contributed by atoms with Crippen LogP contribution < -0.4 is 5.73 Å². The van der Waals surface area contributed by atoms with Gasteiger partial charge in [0.1, 0.15) is 0 Å². The zero-order valence-corrected chi connectivity index (χ0v) is 11.9. The number of hydrogen-bond acceptors (Lipinski definition) is 3. The molecule has 0 spiro atoms. The number of carbonyl (C=O) groups is 1. The van der Waals surface area contributed by atoms with Crippen molar-refractivity contribution in [2.45, 2.75) is 32.5 Å². The molecule has 0 aromatic heterocycles. The quantitative estimate of drug-likeness (QED) is 0.821. The van der Waals surface area contributed by atoms with Crippen molar-refractivity contribution < 1.29 is 23.1 Å². The van der Waals surface area contributed by atoms with Gasteiger partial charge in [-0.1, -0.05) is 6.07 Å². The third kappa shape index (κ3) is 4.10. The zero-order chi connectivity index (χ0) is 16.2. The van der Waals surface area contributed by atoms with E-state index in [-0.39, 0.29) is 24.8 Å². The monoisotopic (exact) mass is 304 g/mol. The molecule has 0 aliphatic rings. The highest BCUT2D eigenvalue weighted by atomic mass is 19.4. The molecule has 7 heteroatoms. The lowest BCUT2D eigenvalue weighted by Crippen LogP contribution is -2.38. The van der Waals surface area contributed by atoms with Gasteiger partial charge in [-0.15, -0.1) is 0 Å². The first-order valence-electron chi connectivity index (χ1n) is 6.57. The van der Waals surface area contributed by atoms with Crippen LogP contribution in [-0.2, 0) is 6.18 Å². The molecule has 0 fully saturated rings. The van der Waals surface area contributed by atoms with Gasteiger partial charge in [0.2, 0.25) is 0 Å². The lowest BCUT2D eigenvalue weighted by molar-refractivity contribution is -0.136. The van der Waals surface area contributed by atoms with E-state index in [9.17, 15) is 18.0 Å². The molecule has 0 heterocycles. The van der Waals surface area contributed by atoms with Gasteiger partial charge in [0, 0.05) is 19.2 Å². The topological polar surface area (TPSA) is 66.6 Å². The molecule has 4 nitrogen and oxygen atoms in total. The number of nitrogen functional groups attached to an aromatic ring is 1. The van der Waals surface area contributed by atoms with E-state index in [2.05, 4.69) is 0 Å². The molecule has 21 heavy (non-hydrogen) atoms. The Kier molecular flexibility index (Phi) is 5.60. The van der Waals surface area contributed by atoms with Gasteiger partial charge >= 0.3 is 6.18 Å². The standard InChI is InChI=1S/C14H19F3N2O2/c1-9(2)19(7-4-8-20)13(21)10-5-3-6-11(12(10)18)14(15,16)17/h3,5-6,9,20H,4,7-8,18H2,1-2H3. The third-order valence-corrected chi connectivity index (χ3v) is 3.08. The fraction of sp³-hybridized carbons (Fsp3) is 0.500. The molecule has 0 radical (unpaired) electrons. The summed E-state index contributed by atoms with van der Waals surface area (Å²) in [6.45, 7) is 3.65. The second kappa shape index (κ2) is 6.80. The number of nitrogens with two attached hydrogens (primary N) is 1. The lowest BCUT2D eigenvalue weighted by atomic mass is 10.0. The number of amides is 1. The van der Waals surface area contributed by atoms with Crippen LogP contribution in [0, 0.1) is 0 Å². The Morgan fingerprint density at radius 1 is 1.38 bits per heavy atom. The van der Waals surface area contributed by atoms with Gasteiger partial charge in [-0.3, -0.25) is 4.79 Å². The smallest absolute Gasteiger partial charge is 0.398 e. The van der Waals surface area contributed by atoms with Crippen molar-refractivity contribution in [2.75, 3.05) is 18.9 Å². The second-order valence-corrected chi connectivity index (χ2v) is 4.93. The summed E-state index contributed by atoms with van der Waals surface area (Å²) in [6.07, 6.45) is -4.25. The molecule has 1 amide bonds. The van der Waals surface area contributed by atoms with Gasteiger partial charge in [0.25, 0.3) is 5.91 Å². The molecule has 1 aromatic carbocycles. The zero-order valence-electron chi connectivity index (χ0n) is 11.9. The second-order valence-electron chi connectivity index (χ2n) is 4.93. The average Bonchev–Trinajstić information content (AvgIpc) is 2.37. The molecule has 1 rings (SSSR count). The van der Waals surface area contributed by atoms with E-state index in [1.165, 1.54) is 11.0 Å². The van der Waals surface area contributed by atoms with Crippen LogP contribution in [0.4, 0.5) is 18.9 Å². The number of benzene rings is 1. The van der Waals surface area contributed by atoms with E-state index in [0.29, 0.717) is 6.42 Å². The lowest BCUT2D eigenvalue weighted by Gasteiger charge is -2.27. The highest BCUT2D eigenvalue weighted by Gasteiger charge is 2.35. The van der Waals surface area contributed by atoms with E-state index in [0.717, 1.165) is 12.1 Å². The van der Waals surface area contributed by atoms with Gasteiger partial charge in [0.05, 0.1) is 16.8 Å². The predicted octanol–water partition coefficient (Wildman–Crippen LogP) is 2.52. The fourth-order valence-corrected chi connectivity index (χ4v) is 1.99. The number of alkyl halides is 3. The van der Waals surface area contributed by atoms with Crippen molar-refractivity contribution in [3.8, 4) is 0 Å². The highest BCUT2D eigenvalue weighted by molar-refractivity contribution is 6.00. The van der Waals surface area contributed by atoms with Crippen LogP contribution in [-0.4, -0.2) is 35.1 Å². The summed E-state index contributed by atoms with van der Waals surface area (Å²) in [7, 11) is 0. The van der Waals surface area contributed by atoms with Crippen LogP contribution in [0.3, 0.4) is 0 Å². The summed E-state index contributed by atoms with van der Waals surface area (Å²) in [5.74, 6) is -0.568. The van der Waals surface area contributed by atoms with Crippen molar-refractivity contribution in [3.63, 3.8) is 0 Å². The number of aliphatic hydroxyl groups excluding tert-OH is 1. The largest absolute Gasteiger partial charge is 0.418 e. The molecule has 0 aliphatic heterocycles. The average molecular weight is 304 g/mol. The van der Waals surface area contributed by atoms with Crippen molar-refractivity contribution in [3.05, 3.63) is 29.3 Å². The maximum Gasteiger partial charge on any atom is 0.418 e. The van der Waals surface area contributed by atoms with Crippen LogP contribution in [0.25, 0.3) is 0 Å². The van der Waals surface area contributed by atoms with E-state index >= 15 is 0 Å². The van der Waals surface area contributed by atoms with E-state index in [4.69, 9.17) is 10.8 Å². The minimum Gasteiger partial charge on any atom is -0.398 e. The highest BCUT2D eigenvalue weighted by Crippen LogP contribution is 2.35. The van der Waals surface area contributed by atoms with Gasteiger partial charge in [-0.05, 0) is 32.4 Å². The summed E-state index contributed by atoms with van der Waals surface area (Å²) in [4.78, 5) is 13.8. The van der Waals surface area contributed by atoms with Crippen LogP contribution >= 0.6 is 0 Å². The summed E-state index contributed by atoms with van der Waals surface area (Å²) in [5.41, 5.74) is 3.77. The minimum atomic E-state index is -4.60. The fourth-order valence-electron chi connectivity index (χ4n) is 1.99. The van der Waals surface area contributed by atoms with Gasteiger partial charge < -0.3 is 15.7 Å². The number of aliphatic hydroxyl groups is 1. The Labute approximate surface area is 121 Å². The van der Waals surface area contributed by atoms with Crippen molar-refractivity contribution in [2.24, 2.45) is 0 Å². The van der Waals surface area contributed by atoms with E-state index < -0.39 is 23.3 Å². The van der Waals surface area contributed by atoms with Crippen molar-refractivity contribution in [1.82, 2.24) is 4.90 Å². The Hall–Kier alpha value is -1.76. The number of hydrogen-bond donors (Lipinski definition) is 2. The summed E-state index contributed by atoms with van der Waals surface area (Å²) in [6, 6.07) is 3.08. The normalized spacial score (nSPS) is 11.8. The maximum absolute atomic E-state index is 12.8. The van der Waals surface area contributed by atoms with Crippen molar-refractivity contribution >= 4 is 11.6 Å². The Balaban J connectivity index is 3.17. The van der Waals surface area contributed by atoms with Gasteiger partial charge in [-0.2, -0.15) is 13.2 Å². The molecule has 3 N–H and O–H groups in total. The molecule has 118 valence electrons. The molecular weight excluding hydrogens is 285 g/mol. The van der Waals surface area contributed by atoms with Crippen LogP contribution in [0.15, 0.2) is 18.2 Å². The molecule has 0 unspecified atom stereocenters. The molecular formula is C14H19F3N2O2. The van der Waals surface area contributed by atoms with Crippen LogP contribution in [0.5, 0.6) is 0 Å². The molecule has 0 saturated heterocycles. The minimum absolute atomic E-state index is 0.103. The van der Waals surface area contributed by atoms with Gasteiger partial charge in [-0.25, -0.2) is 0 Å². The molecule has 1 aromatic rings. The van der Waals surface area contributed by atoms with Crippen LogP contribution in [0.1, 0.15) is 36.2 Å². The molecule has 0 atom stereocenters. The molecule has 0 aliphatic carbocycles. The first-order chi connectivity index (χ1) is 9.70. The van der Waals surface area contributed by atoms with E-state index in [1.54, 1.807) is 13.8 Å². The first-order valence-corrected chi connectivity index (χ1v) is 6.57. The number of halogens is 3. The molecule has 0 bridgehead atoms. The number of rotatable bonds is 5. The first kappa shape index (κ1) is 17.3. The molecule has 0 saturated carbocycles. The predicted molar refractivity (Wildman–Crippen MR) is 73.7 cm³/mol. The maximum atomic E-state index is 12.8. The van der Waals surface area contributed by atoms with Crippen molar-refractivity contribution in [1.29, 1.82) is 0 Å². The Morgan fingerprint density at radius 2 is 2.00 bits per heavy atom. The number of nitrogens with zero attached hydrogens (tertiary/aromatic N) is 1. The number of para-hydroxylation sites is 1. The van der Waals surface area contributed by atoms with E-state index in [1.807, 2.05) is 0 Å². The number of carbonyl (C=O) groups excluding carboxylic acids is 1. The summed E-state index contributed by atoms with van der Waals surface area (Å²) < 4.78 is 38.4. The SMILES string of the molecule is CC(C)N(CCCO)C(=O)c1cccc(C(F)(F)F)c1N. The van der Waals surface area contributed by atoms with Gasteiger partial charge in [0.15, 0.2) is 0 Å².